The average molecular weight is 341 g/mol. The van der Waals surface area contributed by atoms with E-state index in [2.05, 4.69) is 4.72 Å². The second kappa shape index (κ2) is 7.93. The summed E-state index contributed by atoms with van der Waals surface area (Å²) in [7, 11) is -3.54. The van der Waals surface area contributed by atoms with Crippen LogP contribution >= 0.6 is 0 Å². The Labute approximate surface area is 139 Å². The zero-order valence-corrected chi connectivity index (χ0v) is 15.4. The zero-order valence-electron chi connectivity index (χ0n) is 14.5. The second-order valence-corrected chi connectivity index (χ2v) is 8.41. The third kappa shape index (κ3) is 6.71. The first-order chi connectivity index (χ1) is 10.5. The number of carbonyl (C=O) groups excluding carboxylic acids is 1. The van der Waals surface area contributed by atoms with Crippen LogP contribution in [0, 0.1) is 12.8 Å². The Morgan fingerprint density at radius 3 is 2.26 bits per heavy atom. The van der Waals surface area contributed by atoms with E-state index in [1.54, 1.807) is 24.3 Å². The number of sulfonamides is 1. The highest BCUT2D eigenvalue weighted by Crippen LogP contribution is 2.17. The highest BCUT2D eigenvalue weighted by molar-refractivity contribution is 7.89. The minimum Gasteiger partial charge on any atom is -0.460 e. The summed E-state index contributed by atoms with van der Waals surface area (Å²) in [5.74, 6) is -0.593. The van der Waals surface area contributed by atoms with Gasteiger partial charge in [-0.15, -0.1) is 0 Å². The molecule has 0 saturated carbocycles. The van der Waals surface area contributed by atoms with E-state index in [1.807, 2.05) is 34.6 Å². The third-order valence-corrected chi connectivity index (χ3v) is 4.83. The number of rotatable bonds is 7. The minimum absolute atomic E-state index is 0.202. The van der Waals surface area contributed by atoms with Crippen molar-refractivity contribution in [3.63, 3.8) is 0 Å². The molecule has 0 aliphatic carbocycles. The Hall–Kier alpha value is -1.40. The molecule has 0 heterocycles. The zero-order chi connectivity index (χ0) is 17.7. The summed E-state index contributed by atoms with van der Waals surface area (Å²) in [6, 6.07) is 6.65. The number of aryl methyl sites for hydroxylation is 1. The normalized spacial score (nSPS) is 13.6. The first kappa shape index (κ1) is 19.6. The summed E-state index contributed by atoms with van der Waals surface area (Å²) < 4.78 is 32.3. The predicted molar refractivity (Wildman–Crippen MR) is 90.6 cm³/mol. The van der Waals surface area contributed by atoms with E-state index >= 15 is 0 Å². The maximum absolute atomic E-state index is 12.2. The molecule has 1 aromatic carbocycles. The Bertz CT molecular complexity index is 615. The molecular formula is C17H27NO4S. The highest BCUT2D eigenvalue weighted by Gasteiger charge is 2.24. The Morgan fingerprint density at radius 1 is 1.22 bits per heavy atom. The van der Waals surface area contributed by atoms with Gasteiger partial charge in [0, 0.05) is 6.54 Å². The molecule has 0 radical (unpaired) electrons. The van der Waals surface area contributed by atoms with Gasteiger partial charge >= 0.3 is 5.97 Å². The number of esters is 1. The van der Waals surface area contributed by atoms with Gasteiger partial charge in [0.15, 0.2) is 0 Å². The van der Waals surface area contributed by atoms with Gasteiger partial charge in [-0.25, -0.2) is 13.1 Å². The summed E-state index contributed by atoms with van der Waals surface area (Å²) in [5, 5.41) is 0. The van der Waals surface area contributed by atoms with E-state index in [1.165, 1.54) is 0 Å². The van der Waals surface area contributed by atoms with Gasteiger partial charge in [-0.05, 0) is 52.7 Å². The van der Waals surface area contributed by atoms with E-state index in [0.717, 1.165) is 5.56 Å². The van der Waals surface area contributed by atoms with Crippen molar-refractivity contribution >= 4 is 16.0 Å². The van der Waals surface area contributed by atoms with Gasteiger partial charge < -0.3 is 4.74 Å². The van der Waals surface area contributed by atoms with E-state index in [-0.39, 0.29) is 23.3 Å². The summed E-state index contributed by atoms with van der Waals surface area (Å²) in [4.78, 5) is 12.3. The maximum atomic E-state index is 12.2. The van der Waals surface area contributed by atoms with Gasteiger partial charge in [-0.2, -0.15) is 0 Å². The molecule has 0 bridgehead atoms. The highest BCUT2D eigenvalue weighted by atomic mass is 32.2. The van der Waals surface area contributed by atoms with Gasteiger partial charge in [-0.1, -0.05) is 24.6 Å². The van der Waals surface area contributed by atoms with Gasteiger partial charge in [0.1, 0.15) is 5.60 Å². The van der Waals surface area contributed by atoms with Crippen LogP contribution in [0.3, 0.4) is 0 Å². The summed E-state index contributed by atoms with van der Waals surface area (Å²) in [5.41, 5.74) is 0.464. The molecule has 0 aliphatic heterocycles. The van der Waals surface area contributed by atoms with Crippen LogP contribution in [0.2, 0.25) is 0 Å². The average Bonchev–Trinajstić information content (AvgIpc) is 2.42. The molecule has 5 nitrogen and oxygen atoms in total. The molecule has 0 spiro atoms. The number of ether oxygens (including phenoxy) is 1. The lowest BCUT2D eigenvalue weighted by Gasteiger charge is -2.23. The second-order valence-electron chi connectivity index (χ2n) is 6.64. The summed E-state index contributed by atoms with van der Waals surface area (Å²) >= 11 is 0. The quantitative estimate of drug-likeness (QED) is 0.774. The Morgan fingerprint density at radius 2 is 1.78 bits per heavy atom. The van der Waals surface area contributed by atoms with E-state index in [0.29, 0.717) is 12.8 Å². The fourth-order valence-corrected chi connectivity index (χ4v) is 3.09. The van der Waals surface area contributed by atoms with Crippen LogP contribution in [-0.4, -0.2) is 26.5 Å². The van der Waals surface area contributed by atoms with Crippen LogP contribution in [0.5, 0.6) is 0 Å². The van der Waals surface area contributed by atoms with Gasteiger partial charge in [0.05, 0.1) is 10.8 Å². The smallest absolute Gasteiger partial charge is 0.309 e. The Balaban J connectivity index is 2.60. The molecule has 1 rings (SSSR count). The van der Waals surface area contributed by atoms with Gasteiger partial charge in [-0.3, -0.25) is 4.79 Å². The van der Waals surface area contributed by atoms with Crippen LogP contribution < -0.4 is 4.72 Å². The van der Waals surface area contributed by atoms with Crippen molar-refractivity contribution in [2.45, 2.75) is 58.0 Å². The predicted octanol–water partition coefficient (Wildman–Crippen LogP) is 3.03. The van der Waals surface area contributed by atoms with Crippen molar-refractivity contribution in [3.05, 3.63) is 29.8 Å². The van der Waals surface area contributed by atoms with Crippen molar-refractivity contribution in [1.82, 2.24) is 4.72 Å². The van der Waals surface area contributed by atoms with Crippen molar-refractivity contribution in [2.24, 2.45) is 5.92 Å². The van der Waals surface area contributed by atoms with Crippen LogP contribution in [-0.2, 0) is 19.6 Å². The van der Waals surface area contributed by atoms with E-state index in [4.69, 9.17) is 4.74 Å². The number of hydrogen-bond donors (Lipinski definition) is 1. The molecule has 1 unspecified atom stereocenters. The largest absolute Gasteiger partial charge is 0.460 e. The molecule has 130 valence electrons. The first-order valence-electron chi connectivity index (χ1n) is 7.84. The fourth-order valence-electron chi connectivity index (χ4n) is 2.04. The van der Waals surface area contributed by atoms with Crippen LogP contribution in [0.25, 0.3) is 0 Å². The minimum atomic E-state index is -3.54. The molecule has 0 aromatic heterocycles. The lowest BCUT2D eigenvalue weighted by atomic mass is 10.0. The molecule has 0 amide bonds. The molecule has 1 atom stereocenters. The lowest BCUT2D eigenvalue weighted by Crippen LogP contribution is -2.32. The number of hydrogen-bond acceptors (Lipinski definition) is 4. The Kier molecular flexibility index (Phi) is 6.77. The first-order valence-corrected chi connectivity index (χ1v) is 9.32. The lowest BCUT2D eigenvalue weighted by molar-refractivity contribution is -0.160. The standard InChI is InChI=1S/C17H27NO4S/c1-6-14(16(19)22-17(3,4)5)11-12-18-23(20,21)15-9-7-13(2)8-10-15/h7-10,14,18H,6,11-12H2,1-5H3. The molecule has 6 heteroatoms. The number of benzene rings is 1. The number of carbonyl (C=O) groups is 1. The fraction of sp³-hybridized carbons (Fsp3) is 0.588. The van der Waals surface area contributed by atoms with Gasteiger partial charge in [0.2, 0.25) is 10.0 Å². The van der Waals surface area contributed by atoms with E-state index in [9.17, 15) is 13.2 Å². The van der Waals surface area contributed by atoms with Crippen LogP contribution in [0.15, 0.2) is 29.2 Å². The summed E-state index contributed by atoms with van der Waals surface area (Å²) in [6.45, 7) is 9.45. The SMILES string of the molecule is CCC(CCNS(=O)(=O)c1ccc(C)cc1)C(=O)OC(C)(C)C. The third-order valence-electron chi connectivity index (χ3n) is 3.35. The molecular weight excluding hydrogens is 314 g/mol. The summed E-state index contributed by atoms with van der Waals surface area (Å²) in [6.07, 6.45) is 1.03. The maximum Gasteiger partial charge on any atom is 0.309 e. The molecule has 0 saturated heterocycles. The van der Waals surface area contributed by atoms with Crippen molar-refractivity contribution in [2.75, 3.05) is 6.54 Å². The van der Waals surface area contributed by atoms with Gasteiger partial charge in [0.25, 0.3) is 0 Å². The van der Waals surface area contributed by atoms with Crippen LogP contribution in [0.4, 0.5) is 0 Å². The van der Waals surface area contributed by atoms with Crippen molar-refractivity contribution < 1.29 is 17.9 Å². The van der Waals surface area contributed by atoms with Crippen molar-refractivity contribution in [3.8, 4) is 0 Å². The molecule has 23 heavy (non-hydrogen) atoms. The molecule has 1 aromatic rings. The monoisotopic (exact) mass is 341 g/mol. The number of nitrogens with one attached hydrogen (secondary N) is 1. The van der Waals surface area contributed by atoms with E-state index < -0.39 is 15.6 Å². The molecule has 0 fully saturated rings. The van der Waals surface area contributed by atoms with Crippen molar-refractivity contribution in [1.29, 1.82) is 0 Å². The topological polar surface area (TPSA) is 72.5 Å². The molecule has 0 aliphatic rings. The molecule has 1 N–H and O–H groups in total. The van der Waals surface area contributed by atoms with Crippen LogP contribution in [0.1, 0.15) is 46.1 Å².